The van der Waals surface area contributed by atoms with E-state index in [1.807, 2.05) is 0 Å². The maximum atomic E-state index is 14.6. The fourth-order valence-electron chi connectivity index (χ4n) is 14.7. The quantitative estimate of drug-likeness (QED) is 0.0573. The zero-order chi connectivity index (χ0) is 46.4. The van der Waals surface area contributed by atoms with E-state index in [9.17, 15) is 14.7 Å². The highest BCUT2D eigenvalue weighted by molar-refractivity contribution is 5.90. The number of carbonyl (C=O) groups is 2. The van der Waals surface area contributed by atoms with Gasteiger partial charge in [0.1, 0.15) is 11.7 Å². The largest absolute Gasteiger partial charge is 0.493 e. The van der Waals surface area contributed by atoms with Gasteiger partial charge in [-0.1, -0.05) is 76.0 Å². The molecule has 12 nitrogen and oxygen atoms in total. The SMILES string of the molecule is CC/C=C\C/C=C\C/C=C\CCCCCCCCC(=O)O[C@]12C[C@H](OC)[C@H]3C[C@H]([C@@H]1[C@H]3OC(=O)c1ccc(OC)c(OC)c1)[C@@]13C4[C@@H]2[C@H](OC)[C@@H]1[C@](COC)(CN4CC)[C@H](O)C[C@@H]3OC. The molecular weight excluding hydrogens is 827 g/mol. The number of hydrogen-bond donors (Lipinski definition) is 1. The second-order valence-electron chi connectivity index (χ2n) is 19.7. The first-order valence-electron chi connectivity index (χ1n) is 24.7. The van der Waals surface area contributed by atoms with Gasteiger partial charge in [-0.3, -0.25) is 9.69 Å². The summed E-state index contributed by atoms with van der Waals surface area (Å²) in [6, 6.07) is 4.97. The number of aliphatic hydroxyl groups is 1. The molecule has 14 atom stereocenters. The molecule has 0 amide bonds. The summed E-state index contributed by atoms with van der Waals surface area (Å²) in [7, 11) is 10.1. The van der Waals surface area contributed by atoms with Crippen LogP contribution in [0.3, 0.4) is 0 Å². The van der Waals surface area contributed by atoms with E-state index in [1.165, 1.54) is 12.8 Å². The molecule has 1 N–H and O–H groups in total. The van der Waals surface area contributed by atoms with Crippen molar-refractivity contribution in [2.24, 2.45) is 40.4 Å². The number of nitrogens with zero attached hydrogens (tertiary/aromatic N) is 1. The molecule has 6 fully saturated rings. The number of aliphatic hydroxyl groups excluding tert-OH is 1. The third kappa shape index (κ3) is 8.75. The topological polar surface area (TPSA) is 131 Å². The maximum absolute atomic E-state index is 14.6. The number of allylic oxidation sites excluding steroid dienone is 6. The van der Waals surface area contributed by atoms with Crippen molar-refractivity contribution >= 4 is 11.9 Å². The van der Waals surface area contributed by atoms with Crippen LogP contribution in [-0.4, -0.2) is 126 Å². The summed E-state index contributed by atoms with van der Waals surface area (Å²) < 4.78 is 50.9. The summed E-state index contributed by atoms with van der Waals surface area (Å²) in [4.78, 5) is 31.6. The number of esters is 2. The molecule has 5 saturated carbocycles. The highest BCUT2D eigenvalue weighted by Gasteiger charge is 2.89. The van der Waals surface area contributed by atoms with Crippen molar-refractivity contribution in [2.45, 2.75) is 146 Å². The van der Waals surface area contributed by atoms with Gasteiger partial charge < -0.3 is 43.0 Å². The van der Waals surface area contributed by atoms with Gasteiger partial charge in [-0.05, 0) is 75.6 Å². The fraction of sp³-hybridized carbons (Fsp3) is 0.736. The summed E-state index contributed by atoms with van der Waals surface area (Å²) in [6.07, 6.45) is 23.3. The molecule has 362 valence electrons. The molecule has 1 aromatic carbocycles. The molecule has 0 aromatic heterocycles. The van der Waals surface area contributed by atoms with Gasteiger partial charge in [0.05, 0.1) is 50.8 Å². The van der Waals surface area contributed by atoms with Crippen molar-refractivity contribution in [1.29, 1.82) is 0 Å². The molecule has 6 aliphatic rings. The number of likely N-dealkylation sites (tertiary alicyclic amines) is 1. The first-order chi connectivity index (χ1) is 31.6. The molecule has 1 saturated heterocycles. The molecule has 65 heavy (non-hydrogen) atoms. The lowest BCUT2D eigenvalue weighted by atomic mass is 9.42. The Labute approximate surface area is 388 Å². The first-order valence-corrected chi connectivity index (χ1v) is 24.7. The summed E-state index contributed by atoms with van der Waals surface area (Å²) >= 11 is 0. The van der Waals surface area contributed by atoms with Crippen LogP contribution in [0.15, 0.2) is 54.7 Å². The molecule has 7 bridgehead atoms. The maximum Gasteiger partial charge on any atom is 0.338 e. The van der Waals surface area contributed by atoms with Gasteiger partial charge in [0.2, 0.25) is 0 Å². The van der Waals surface area contributed by atoms with E-state index in [1.54, 1.807) is 60.9 Å². The van der Waals surface area contributed by atoms with E-state index in [4.69, 9.17) is 37.9 Å². The molecule has 12 heteroatoms. The van der Waals surface area contributed by atoms with E-state index in [0.717, 1.165) is 57.9 Å². The highest BCUT2D eigenvalue weighted by atomic mass is 16.6. The first kappa shape index (κ1) is 49.6. The number of hydrogen-bond acceptors (Lipinski definition) is 12. The van der Waals surface area contributed by atoms with Crippen LogP contribution in [0.5, 0.6) is 11.5 Å². The number of rotatable bonds is 25. The minimum atomic E-state index is -1.10. The van der Waals surface area contributed by atoms with Gasteiger partial charge in [0.25, 0.3) is 0 Å². The predicted molar refractivity (Wildman–Crippen MR) is 249 cm³/mol. The number of ether oxygens (including phenoxy) is 8. The number of benzene rings is 1. The van der Waals surface area contributed by atoms with E-state index in [-0.39, 0.29) is 53.8 Å². The summed E-state index contributed by atoms with van der Waals surface area (Å²) in [5, 5.41) is 12.3. The van der Waals surface area contributed by atoms with Gasteiger partial charge >= 0.3 is 11.9 Å². The van der Waals surface area contributed by atoms with Crippen LogP contribution in [-0.2, 0) is 33.2 Å². The second kappa shape index (κ2) is 21.8. The molecule has 1 spiro atoms. The average molecular weight is 906 g/mol. The lowest BCUT2D eigenvalue weighted by molar-refractivity contribution is -0.297. The van der Waals surface area contributed by atoms with E-state index in [0.29, 0.717) is 55.9 Å². The molecule has 5 aliphatic carbocycles. The van der Waals surface area contributed by atoms with Crippen LogP contribution in [0.25, 0.3) is 0 Å². The van der Waals surface area contributed by atoms with Crippen molar-refractivity contribution in [1.82, 2.24) is 4.90 Å². The van der Waals surface area contributed by atoms with Crippen LogP contribution >= 0.6 is 0 Å². The second-order valence-corrected chi connectivity index (χ2v) is 19.7. The Morgan fingerprint density at radius 1 is 0.800 bits per heavy atom. The Balaban J connectivity index is 1.15. The third-order valence-corrected chi connectivity index (χ3v) is 16.9. The fourth-order valence-corrected chi connectivity index (χ4v) is 14.7. The molecular formula is C53H79NO11. The average Bonchev–Trinajstić information content (AvgIpc) is 3.74. The lowest BCUT2D eigenvalue weighted by Gasteiger charge is -2.70. The van der Waals surface area contributed by atoms with Crippen molar-refractivity contribution in [3.05, 3.63) is 60.2 Å². The molecule has 7 rings (SSSR count). The molecule has 1 heterocycles. The van der Waals surface area contributed by atoms with E-state index < -0.39 is 40.7 Å². The molecule has 1 aromatic rings. The Morgan fingerprint density at radius 3 is 2.17 bits per heavy atom. The normalized spacial score (nSPS) is 36.8. The van der Waals surface area contributed by atoms with Gasteiger partial charge in [-0.25, -0.2) is 4.79 Å². The Kier molecular flexibility index (Phi) is 16.6. The van der Waals surface area contributed by atoms with Crippen LogP contribution < -0.4 is 9.47 Å². The van der Waals surface area contributed by atoms with Crippen LogP contribution in [0, 0.1) is 40.4 Å². The number of piperidine rings is 1. The number of unbranched alkanes of at least 4 members (excludes halogenated alkanes) is 6. The number of fused-ring (bicyclic) bond motifs is 2. The monoisotopic (exact) mass is 906 g/mol. The summed E-state index contributed by atoms with van der Waals surface area (Å²) in [5.74, 6) is -0.919. The van der Waals surface area contributed by atoms with Gasteiger partial charge in [-0.15, -0.1) is 0 Å². The minimum absolute atomic E-state index is 0.0882. The smallest absolute Gasteiger partial charge is 0.338 e. The Morgan fingerprint density at radius 2 is 1.51 bits per heavy atom. The summed E-state index contributed by atoms with van der Waals surface area (Å²) in [5.41, 5.74) is -1.95. The predicted octanol–water partition coefficient (Wildman–Crippen LogP) is 8.54. The highest BCUT2D eigenvalue weighted by Crippen LogP contribution is 2.80. The van der Waals surface area contributed by atoms with E-state index in [2.05, 4.69) is 55.2 Å². The molecule has 1 unspecified atom stereocenters. The number of methoxy groups -OCH3 is 6. The van der Waals surface area contributed by atoms with Crippen LogP contribution in [0.1, 0.15) is 114 Å². The standard InChI is InChI=1S/C53H79NO11/c1-9-11-12-13-14-15-16-17-18-19-20-21-22-23-24-25-26-43(56)65-52-32-40(61-6)36-30-37(44(52)46(36)64-50(57)35-27-28-38(59-4)39(29-35)60-5)53-42(62-7)31-41(55)51(34-58-3)33-54(10-2)49(53)45(52)47(63-8)48(51)53/h11-12,14-15,17-18,27-29,36-37,40-42,44-49,55H,9-10,13,16,19-26,30-34H2,1-8H3/b12-11-,15-14-,18-17-/t36-,37-,40+,41-,42+,44-,45+,46+,47+,48-,49?,51+,52-,53+/m1/s1. The van der Waals surface area contributed by atoms with E-state index >= 15 is 0 Å². The zero-order valence-electron chi connectivity index (χ0n) is 40.5. The van der Waals surface area contributed by atoms with Crippen molar-refractivity contribution in [3.63, 3.8) is 0 Å². The lowest BCUT2D eigenvalue weighted by Crippen LogP contribution is -2.79. The van der Waals surface area contributed by atoms with Crippen molar-refractivity contribution in [3.8, 4) is 11.5 Å². The third-order valence-electron chi connectivity index (χ3n) is 16.9. The van der Waals surface area contributed by atoms with Gasteiger partial charge in [0.15, 0.2) is 11.5 Å². The Bertz CT molecular complexity index is 1850. The van der Waals surface area contributed by atoms with Gasteiger partial charge in [-0.2, -0.15) is 0 Å². The van der Waals surface area contributed by atoms with Crippen molar-refractivity contribution in [2.75, 3.05) is 62.4 Å². The molecule has 1 aliphatic heterocycles. The number of carbonyl (C=O) groups excluding carboxylic acids is 2. The van der Waals surface area contributed by atoms with Gasteiger partial charge in [0, 0.05) is 94.8 Å². The van der Waals surface area contributed by atoms with Crippen molar-refractivity contribution < 1.29 is 52.6 Å². The minimum Gasteiger partial charge on any atom is -0.493 e. The zero-order valence-corrected chi connectivity index (χ0v) is 40.5. The summed E-state index contributed by atoms with van der Waals surface area (Å²) in [6.45, 7) is 6.03. The Hall–Kier alpha value is -3.26. The van der Waals surface area contributed by atoms with Crippen LogP contribution in [0.4, 0.5) is 0 Å². The van der Waals surface area contributed by atoms with Crippen LogP contribution in [0.2, 0.25) is 0 Å². The molecule has 0 radical (unpaired) electrons.